The van der Waals surface area contributed by atoms with E-state index in [0.717, 1.165) is 11.3 Å². The molecule has 84 valence electrons. The van der Waals surface area contributed by atoms with Gasteiger partial charge in [-0.1, -0.05) is 60.7 Å². The van der Waals surface area contributed by atoms with Crippen LogP contribution in [0.3, 0.4) is 0 Å². The van der Waals surface area contributed by atoms with Crippen LogP contribution in [0, 0.1) is 11.8 Å². The monoisotopic (exact) mass is 222 g/mol. The van der Waals surface area contributed by atoms with Gasteiger partial charge < -0.3 is 5.84 Å². The summed E-state index contributed by atoms with van der Waals surface area (Å²) in [5.41, 5.74) is 3.29. The first-order valence-electron chi connectivity index (χ1n) is 5.80. The van der Waals surface area contributed by atoms with Crippen LogP contribution in [0.5, 0.6) is 0 Å². The van der Waals surface area contributed by atoms with Gasteiger partial charge in [0.2, 0.25) is 0 Å². The van der Waals surface area contributed by atoms with Crippen molar-refractivity contribution >= 4 is 11.8 Å². The van der Waals surface area contributed by atoms with Gasteiger partial charge in [-0.05, 0) is 5.56 Å². The normalized spacial score (nSPS) is 27.6. The molecule has 2 unspecified atom stereocenters. The first-order valence-corrected chi connectivity index (χ1v) is 5.80. The summed E-state index contributed by atoms with van der Waals surface area (Å²) in [6.45, 7) is 0. The third kappa shape index (κ3) is 1.62. The van der Waals surface area contributed by atoms with Gasteiger partial charge in [0.15, 0.2) is 0 Å². The van der Waals surface area contributed by atoms with Crippen molar-refractivity contribution < 1.29 is 0 Å². The lowest BCUT2D eigenvalue weighted by atomic mass is 9.83. The maximum atomic E-state index is 5.60. The number of nitrogens with zero attached hydrogens (tertiary/aromatic N) is 1. The fourth-order valence-electron chi connectivity index (χ4n) is 2.51. The highest BCUT2D eigenvalue weighted by Gasteiger charge is 2.26. The van der Waals surface area contributed by atoms with E-state index in [-0.39, 0.29) is 5.92 Å². The number of fused-ring (bicyclic) bond motifs is 2. The van der Waals surface area contributed by atoms with Crippen molar-refractivity contribution in [2.24, 2.45) is 22.8 Å². The van der Waals surface area contributed by atoms with Gasteiger partial charge in [0.05, 0.1) is 5.71 Å². The Morgan fingerprint density at radius 2 is 1.82 bits per heavy atom. The standard InChI is InChI=1S/C15H14N2/c16-17-15-13-7-3-1-5-11(13)9-10-12-6-2-4-8-14(12)15/h1-11,13H,16H2/b17-15+. The summed E-state index contributed by atoms with van der Waals surface area (Å²) in [4.78, 5) is 0. The second-order valence-electron chi connectivity index (χ2n) is 4.33. The molecule has 1 aromatic carbocycles. The smallest absolute Gasteiger partial charge is 0.0756 e. The highest BCUT2D eigenvalue weighted by Crippen LogP contribution is 2.30. The van der Waals surface area contributed by atoms with Crippen LogP contribution < -0.4 is 5.84 Å². The average Bonchev–Trinajstić information content (AvgIpc) is 2.55. The summed E-state index contributed by atoms with van der Waals surface area (Å²) in [5, 5.41) is 4.02. The van der Waals surface area contributed by atoms with Crippen LogP contribution in [0.15, 0.2) is 59.7 Å². The Labute approximate surface area is 101 Å². The van der Waals surface area contributed by atoms with E-state index in [0.29, 0.717) is 5.92 Å². The molecule has 2 nitrogen and oxygen atoms in total. The summed E-state index contributed by atoms with van der Waals surface area (Å²) in [5.74, 6) is 6.21. The first kappa shape index (κ1) is 10.1. The predicted molar refractivity (Wildman–Crippen MR) is 71.5 cm³/mol. The van der Waals surface area contributed by atoms with Gasteiger partial charge >= 0.3 is 0 Å². The highest BCUT2D eigenvalue weighted by atomic mass is 15.1. The van der Waals surface area contributed by atoms with Crippen molar-refractivity contribution in [2.45, 2.75) is 0 Å². The Bertz CT molecular complexity index is 550. The molecule has 17 heavy (non-hydrogen) atoms. The number of hydrogen-bond donors (Lipinski definition) is 1. The Hall–Kier alpha value is -2.09. The molecule has 0 radical (unpaired) electrons. The summed E-state index contributed by atoms with van der Waals surface area (Å²) in [6.07, 6.45) is 12.9. The van der Waals surface area contributed by atoms with Gasteiger partial charge in [0, 0.05) is 17.4 Å². The van der Waals surface area contributed by atoms with E-state index >= 15 is 0 Å². The Balaban J connectivity index is 2.18. The van der Waals surface area contributed by atoms with Crippen LogP contribution in [0.2, 0.25) is 0 Å². The molecule has 0 saturated carbocycles. The maximum Gasteiger partial charge on any atom is 0.0756 e. The molecule has 2 aliphatic carbocycles. The maximum absolute atomic E-state index is 5.60. The molecule has 0 heterocycles. The van der Waals surface area contributed by atoms with Crippen LogP contribution in [0.4, 0.5) is 0 Å². The molecule has 2 atom stereocenters. The fraction of sp³-hybridized carbons (Fsp3) is 0.133. The third-order valence-corrected chi connectivity index (χ3v) is 3.37. The molecule has 0 amide bonds. The highest BCUT2D eigenvalue weighted by molar-refractivity contribution is 6.07. The topological polar surface area (TPSA) is 38.4 Å². The lowest BCUT2D eigenvalue weighted by Crippen LogP contribution is -2.22. The van der Waals surface area contributed by atoms with Gasteiger partial charge in [-0.2, -0.15) is 5.10 Å². The molecule has 0 aliphatic heterocycles. The van der Waals surface area contributed by atoms with Gasteiger partial charge in [0.25, 0.3) is 0 Å². The van der Waals surface area contributed by atoms with E-state index in [1.807, 2.05) is 12.1 Å². The second kappa shape index (κ2) is 4.06. The van der Waals surface area contributed by atoms with Gasteiger partial charge in [-0.25, -0.2) is 0 Å². The molecule has 2 aliphatic rings. The quantitative estimate of drug-likeness (QED) is 0.532. The zero-order valence-corrected chi connectivity index (χ0v) is 9.45. The number of hydrogen-bond acceptors (Lipinski definition) is 2. The van der Waals surface area contributed by atoms with E-state index in [2.05, 4.69) is 53.7 Å². The lowest BCUT2D eigenvalue weighted by Gasteiger charge is -2.21. The van der Waals surface area contributed by atoms with E-state index in [1.165, 1.54) is 5.56 Å². The van der Waals surface area contributed by atoms with Crippen molar-refractivity contribution in [1.29, 1.82) is 0 Å². The van der Waals surface area contributed by atoms with Crippen LogP contribution in [0.1, 0.15) is 11.1 Å². The van der Waals surface area contributed by atoms with Crippen LogP contribution in [0.25, 0.3) is 6.08 Å². The molecule has 3 rings (SSSR count). The van der Waals surface area contributed by atoms with E-state index in [4.69, 9.17) is 5.84 Å². The van der Waals surface area contributed by atoms with E-state index in [1.54, 1.807) is 0 Å². The molecule has 0 spiro atoms. The van der Waals surface area contributed by atoms with Crippen molar-refractivity contribution in [3.63, 3.8) is 0 Å². The molecule has 2 N–H and O–H groups in total. The molecular formula is C15H14N2. The summed E-state index contributed by atoms with van der Waals surface area (Å²) < 4.78 is 0. The lowest BCUT2D eigenvalue weighted by molar-refractivity contribution is 0.706. The summed E-state index contributed by atoms with van der Waals surface area (Å²) >= 11 is 0. The zero-order chi connectivity index (χ0) is 11.7. The number of rotatable bonds is 0. The van der Waals surface area contributed by atoms with Crippen LogP contribution in [-0.4, -0.2) is 5.71 Å². The number of benzene rings is 1. The van der Waals surface area contributed by atoms with E-state index < -0.39 is 0 Å². The van der Waals surface area contributed by atoms with Gasteiger partial charge in [-0.15, -0.1) is 0 Å². The van der Waals surface area contributed by atoms with Crippen molar-refractivity contribution in [3.05, 3.63) is 65.8 Å². The van der Waals surface area contributed by atoms with E-state index in [9.17, 15) is 0 Å². The first-order chi connectivity index (χ1) is 8.40. The van der Waals surface area contributed by atoms with Crippen LogP contribution in [-0.2, 0) is 0 Å². The number of nitrogens with two attached hydrogens (primary N) is 1. The predicted octanol–water partition coefficient (Wildman–Crippen LogP) is 2.73. The van der Waals surface area contributed by atoms with Gasteiger partial charge in [-0.3, -0.25) is 0 Å². The molecule has 1 aromatic rings. The Kier molecular flexibility index (Phi) is 2.41. The largest absolute Gasteiger partial charge is 0.323 e. The summed E-state index contributed by atoms with van der Waals surface area (Å²) in [7, 11) is 0. The Morgan fingerprint density at radius 1 is 1.00 bits per heavy atom. The third-order valence-electron chi connectivity index (χ3n) is 3.37. The molecule has 0 bridgehead atoms. The average molecular weight is 222 g/mol. The van der Waals surface area contributed by atoms with Crippen LogP contribution >= 0.6 is 0 Å². The molecular weight excluding hydrogens is 208 g/mol. The molecule has 0 aromatic heterocycles. The zero-order valence-electron chi connectivity index (χ0n) is 9.45. The number of hydrazone groups is 1. The minimum Gasteiger partial charge on any atom is -0.323 e. The second-order valence-corrected chi connectivity index (χ2v) is 4.33. The molecule has 2 heteroatoms. The van der Waals surface area contributed by atoms with Crippen molar-refractivity contribution in [1.82, 2.24) is 0 Å². The van der Waals surface area contributed by atoms with Crippen molar-refractivity contribution in [3.8, 4) is 0 Å². The minimum absolute atomic E-state index is 0.255. The summed E-state index contributed by atoms with van der Waals surface area (Å²) in [6, 6.07) is 8.25. The molecule has 0 saturated heterocycles. The minimum atomic E-state index is 0.255. The molecule has 0 fully saturated rings. The fourth-order valence-corrected chi connectivity index (χ4v) is 2.51. The number of allylic oxidation sites excluding steroid dienone is 5. The Morgan fingerprint density at radius 3 is 2.71 bits per heavy atom. The van der Waals surface area contributed by atoms with Crippen molar-refractivity contribution in [2.75, 3.05) is 0 Å². The van der Waals surface area contributed by atoms with Gasteiger partial charge in [0.1, 0.15) is 0 Å². The SMILES string of the molecule is N/N=C1/c2ccccc2C=CC2C=CC=CC12.